The average Bonchev–Trinajstić information content (AvgIpc) is 2.99. The number of aromatic nitrogens is 2. The van der Waals surface area contributed by atoms with Gasteiger partial charge < -0.3 is 0 Å². The molecule has 3 nitrogen and oxygen atoms in total. The van der Waals surface area contributed by atoms with Crippen molar-refractivity contribution >= 4 is 40.5 Å². The van der Waals surface area contributed by atoms with Crippen molar-refractivity contribution in [3.8, 4) is 11.3 Å². The first-order chi connectivity index (χ1) is 12.0. The largest absolute Gasteiger partial charge is 0.280 e. The first kappa shape index (κ1) is 16.6. The number of halogens is 4. The molecule has 126 valence electrons. The quantitative estimate of drug-likeness (QED) is 0.564. The van der Waals surface area contributed by atoms with Gasteiger partial charge in [0, 0.05) is 21.2 Å². The molecule has 0 atom stereocenters. The Labute approximate surface area is 158 Å². The fraction of sp³-hybridized carbons (Fsp3) is 0.111. The number of fused-ring (bicyclic) bond motifs is 1. The van der Waals surface area contributed by atoms with Crippen LogP contribution in [0.2, 0.25) is 15.1 Å². The predicted molar refractivity (Wildman–Crippen MR) is 99.6 cm³/mol. The van der Waals surface area contributed by atoms with Crippen molar-refractivity contribution in [2.75, 3.05) is 6.54 Å². The van der Waals surface area contributed by atoms with Crippen LogP contribution in [-0.4, -0.2) is 22.0 Å². The van der Waals surface area contributed by atoms with Crippen LogP contribution in [0.4, 0.5) is 4.39 Å². The lowest BCUT2D eigenvalue weighted by Gasteiger charge is -2.15. The van der Waals surface area contributed by atoms with Crippen LogP contribution in [0.25, 0.3) is 11.3 Å². The van der Waals surface area contributed by atoms with Crippen molar-refractivity contribution in [3.63, 3.8) is 0 Å². The molecular formula is C18H11Cl3FN3. The molecule has 0 fully saturated rings. The summed E-state index contributed by atoms with van der Waals surface area (Å²) in [6.07, 6.45) is 0. The summed E-state index contributed by atoms with van der Waals surface area (Å²) >= 11 is 18.1. The number of hydrogen-bond donors (Lipinski definition) is 0. The Balaban J connectivity index is 1.81. The van der Waals surface area contributed by atoms with E-state index in [2.05, 4.69) is 10.1 Å². The average molecular weight is 395 g/mol. The van der Waals surface area contributed by atoms with Gasteiger partial charge in [-0.05, 0) is 42.5 Å². The summed E-state index contributed by atoms with van der Waals surface area (Å²) in [5.74, 6) is -0.411. The Morgan fingerprint density at radius 1 is 0.920 bits per heavy atom. The van der Waals surface area contributed by atoms with E-state index in [1.54, 1.807) is 24.3 Å². The zero-order chi connectivity index (χ0) is 17.6. The third-order valence-electron chi connectivity index (χ3n) is 4.00. The van der Waals surface area contributed by atoms with E-state index in [-0.39, 0.29) is 0 Å². The molecule has 1 aromatic heterocycles. The lowest BCUT2D eigenvalue weighted by Crippen LogP contribution is -2.20. The highest BCUT2D eigenvalue weighted by Gasteiger charge is 2.22. The highest BCUT2D eigenvalue weighted by Crippen LogP contribution is 2.29. The molecule has 0 saturated carbocycles. The van der Waals surface area contributed by atoms with Crippen molar-refractivity contribution in [1.29, 1.82) is 0 Å². The van der Waals surface area contributed by atoms with Crippen molar-refractivity contribution in [3.05, 3.63) is 74.6 Å². The van der Waals surface area contributed by atoms with Gasteiger partial charge >= 0.3 is 0 Å². The van der Waals surface area contributed by atoms with E-state index in [1.165, 1.54) is 6.07 Å². The van der Waals surface area contributed by atoms with Crippen LogP contribution in [0.15, 0.2) is 47.5 Å². The van der Waals surface area contributed by atoms with Crippen LogP contribution in [0, 0.1) is 5.82 Å². The maximum absolute atomic E-state index is 14.2. The molecule has 1 aliphatic heterocycles. The lowest BCUT2D eigenvalue weighted by atomic mass is 10.0. The molecule has 0 bridgehead atoms. The second kappa shape index (κ2) is 6.45. The number of rotatable bonds is 2. The van der Waals surface area contributed by atoms with E-state index >= 15 is 0 Å². The zero-order valence-electron chi connectivity index (χ0n) is 12.8. The van der Waals surface area contributed by atoms with Gasteiger partial charge in [-0.1, -0.05) is 34.8 Å². The van der Waals surface area contributed by atoms with E-state index in [9.17, 15) is 4.39 Å². The summed E-state index contributed by atoms with van der Waals surface area (Å²) in [6, 6.07) is 11.6. The molecule has 0 radical (unpaired) electrons. The first-order valence-electron chi connectivity index (χ1n) is 7.56. The van der Waals surface area contributed by atoms with Gasteiger partial charge in [0.1, 0.15) is 5.82 Å². The van der Waals surface area contributed by atoms with Crippen molar-refractivity contribution < 1.29 is 4.39 Å². The van der Waals surface area contributed by atoms with Crippen LogP contribution in [-0.2, 0) is 6.54 Å². The molecule has 0 aliphatic carbocycles. The van der Waals surface area contributed by atoms with Gasteiger partial charge in [0.25, 0.3) is 0 Å². The van der Waals surface area contributed by atoms with Crippen molar-refractivity contribution in [2.45, 2.75) is 6.54 Å². The monoisotopic (exact) mass is 393 g/mol. The summed E-state index contributed by atoms with van der Waals surface area (Å²) in [6.45, 7) is 1.20. The second-order valence-corrected chi connectivity index (χ2v) is 6.90. The molecule has 0 amide bonds. The Morgan fingerprint density at radius 3 is 2.36 bits per heavy atom. The van der Waals surface area contributed by atoms with Gasteiger partial charge in [0.05, 0.1) is 35.2 Å². The third kappa shape index (κ3) is 3.06. The SMILES string of the molecule is Fc1cc(Cl)ccc1-c1cc2n(n1)CCN=C2c1ccc(Cl)cc1Cl. The smallest absolute Gasteiger partial charge is 0.134 e. The molecule has 3 aromatic rings. The van der Waals surface area contributed by atoms with Crippen LogP contribution in [0.3, 0.4) is 0 Å². The minimum atomic E-state index is -0.411. The molecule has 7 heteroatoms. The molecule has 2 heterocycles. The van der Waals surface area contributed by atoms with Gasteiger partial charge in [-0.3, -0.25) is 9.67 Å². The second-order valence-electron chi connectivity index (χ2n) is 5.62. The van der Waals surface area contributed by atoms with Crippen molar-refractivity contribution in [2.24, 2.45) is 4.99 Å². The normalized spacial score (nSPS) is 13.5. The van der Waals surface area contributed by atoms with Crippen LogP contribution < -0.4 is 0 Å². The Morgan fingerprint density at radius 2 is 1.64 bits per heavy atom. The first-order valence-corrected chi connectivity index (χ1v) is 8.70. The Kier molecular flexibility index (Phi) is 4.28. The molecule has 4 rings (SSSR count). The molecule has 0 unspecified atom stereocenters. The maximum Gasteiger partial charge on any atom is 0.134 e. The van der Waals surface area contributed by atoms with Gasteiger partial charge in [-0.15, -0.1) is 0 Å². The van der Waals surface area contributed by atoms with E-state index in [4.69, 9.17) is 34.8 Å². The summed E-state index contributed by atoms with van der Waals surface area (Å²) in [4.78, 5) is 4.59. The van der Waals surface area contributed by atoms with Gasteiger partial charge in [-0.2, -0.15) is 5.10 Å². The van der Waals surface area contributed by atoms with Crippen LogP contribution in [0.1, 0.15) is 11.3 Å². The number of nitrogens with zero attached hydrogens (tertiary/aromatic N) is 3. The van der Waals surface area contributed by atoms with Gasteiger partial charge in [-0.25, -0.2) is 4.39 Å². The fourth-order valence-corrected chi connectivity index (χ4v) is 3.51. The van der Waals surface area contributed by atoms with Gasteiger partial charge in [0.2, 0.25) is 0 Å². The highest BCUT2D eigenvalue weighted by molar-refractivity contribution is 6.38. The van der Waals surface area contributed by atoms with Crippen LogP contribution in [0.5, 0.6) is 0 Å². The van der Waals surface area contributed by atoms with E-state index in [0.29, 0.717) is 39.4 Å². The minimum Gasteiger partial charge on any atom is -0.280 e. The standard InChI is InChI=1S/C18H11Cl3FN3/c19-10-1-3-12(14(21)7-10)18-17-9-16(24-25(17)6-5-23-18)13-4-2-11(20)8-15(13)22/h1-4,7-9H,5-6H2. The molecule has 1 aliphatic rings. The van der Waals surface area contributed by atoms with Crippen molar-refractivity contribution in [1.82, 2.24) is 9.78 Å². The molecule has 0 saturated heterocycles. The number of aliphatic imine (C=N–C) groups is 1. The van der Waals surface area contributed by atoms with E-state index < -0.39 is 5.82 Å². The zero-order valence-corrected chi connectivity index (χ0v) is 15.1. The molecule has 0 spiro atoms. The van der Waals surface area contributed by atoms with Crippen LogP contribution >= 0.6 is 34.8 Å². The molecule has 25 heavy (non-hydrogen) atoms. The summed E-state index contributed by atoms with van der Waals surface area (Å²) < 4.78 is 16.0. The van der Waals surface area contributed by atoms with E-state index in [0.717, 1.165) is 17.0 Å². The fourth-order valence-electron chi connectivity index (χ4n) is 2.85. The molecule has 0 N–H and O–H groups in total. The minimum absolute atomic E-state index is 0.348. The Bertz CT molecular complexity index is 1010. The lowest BCUT2D eigenvalue weighted by molar-refractivity contribution is 0.605. The topological polar surface area (TPSA) is 30.2 Å². The number of benzene rings is 2. The number of hydrogen-bond acceptors (Lipinski definition) is 2. The molecule has 2 aromatic carbocycles. The molecular weight excluding hydrogens is 384 g/mol. The summed E-state index contributed by atoms with van der Waals surface area (Å²) in [5, 5.41) is 5.94. The predicted octanol–water partition coefficient (Wildman–Crippen LogP) is 5.50. The summed E-state index contributed by atoms with van der Waals surface area (Å²) in [5.41, 5.74) is 3.22. The Hall–Kier alpha value is -1.88. The highest BCUT2D eigenvalue weighted by atomic mass is 35.5. The third-order valence-corrected chi connectivity index (χ3v) is 4.78. The van der Waals surface area contributed by atoms with E-state index in [1.807, 2.05) is 16.8 Å². The maximum atomic E-state index is 14.2. The van der Waals surface area contributed by atoms with Gasteiger partial charge in [0.15, 0.2) is 0 Å². The summed E-state index contributed by atoms with van der Waals surface area (Å²) in [7, 11) is 0.